The number of ether oxygens (including phenoxy) is 1. The zero-order valence-corrected chi connectivity index (χ0v) is 11.3. The fraction of sp³-hybridized carbons (Fsp3) is 0.600. The average Bonchev–Trinajstić information content (AvgIpc) is 2.89. The van der Waals surface area contributed by atoms with E-state index in [9.17, 15) is 5.11 Å². The first kappa shape index (κ1) is 13.2. The summed E-state index contributed by atoms with van der Waals surface area (Å²) < 4.78 is 5.29. The predicted octanol–water partition coefficient (Wildman–Crippen LogP) is 2.73. The summed E-state index contributed by atoms with van der Waals surface area (Å²) in [7, 11) is 1.60. The number of nitrogens with two attached hydrogens (primary N) is 1. The van der Waals surface area contributed by atoms with Crippen molar-refractivity contribution in [3.63, 3.8) is 0 Å². The first-order valence-electron chi connectivity index (χ1n) is 6.77. The lowest BCUT2D eigenvalue weighted by Crippen LogP contribution is -2.32. The number of hydrogen-bond acceptors (Lipinski definition) is 3. The maximum atomic E-state index is 10.4. The van der Waals surface area contributed by atoms with Crippen molar-refractivity contribution in [1.29, 1.82) is 0 Å². The highest BCUT2D eigenvalue weighted by Gasteiger charge is 2.37. The van der Waals surface area contributed by atoms with Crippen molar-refractivity contribution >= 4 is 0 Å². The summed E-state index contributed by atoms with van der Waals surface area (Å²) in [5.74, 6) is 0.853. The molecule has 0 spiro atoms. The monoisotopic (exact) mass is 249 g/mol. The Kier molecular flexibility index (Phi) is 3.81. The minimum Gasteiger partial charge on any atom is -0.504 e. The van der Waals surface area contributed by atoms with Crippen LogP contribution in [0.1, 0.15) is 43.7 Å². The number of benzene rings is 1. The van der Waals surface area contributed by atoms with Gasteiger partial charge in [-0.25, -0.2) is 0 Å². The Labute approximate surface area is 109 Å². The second kappa shape index (κ2) is 5.19. The van der Waals surface area contributed by atoms with E-state index in [2.05, 4.69) is 13.0 Å². The van der Waals surface area contributed by atoms with Crippen LogP contribution in [0.3, 0.4) is 0 Å². The highest BCUT2D eigenvalue weighted by molar-refractivity contribution is 5.52. The minimum absolute atomic E-state index is 0.0530. The van der Waals surface area contributed by atoms with Crippen molar-refractivity contribution < 1.29 is 9.84 Å². The molecule has 1 aromatic rings. The first-order chi connectivity index (χ1) is 8.66. The SMILES string of the molecule is CCc1cc(OC)c(O)c(C2(CN)CCCC2)c1. The summed E-state index contributed by atoms with van der Waals surface area (Å²) >= 11 is 0. The highest BCUT2D eigenvalue weighted by Crippen LogP contribution is 2.47. The van der Waals surface area contributed by atoms with Gasteiger partial charge in [-0.2, -0.15) is 0 Å². The lowest BCUT2D eigenvalue weighted by atomic mass is 9.77. The Morgan fingerprint density at radius 3 is 2.50 bits per heavy atom. The third kappa shape index (κ3) is 2.07. The Balaban J connectivity index is 2.54. The summed E-state index contributed by atoms with van der Waals surface area (Å²) in [6.45, 7) is 2.70. The van der Waals surface area contributed by atoms with Gasteiger partial charge in [0.2, 0.25) is 0 Å². The number of rotatable bonds is 4. The van der Waals surface area contributed by atoms with Crippen LogP contribution in [-0.4, -0.2) is 18.8 Å². The normalized spacial score (nSPS) is 17.9. The Morgan fingerprint density at radius 2 is 2.00 bits per heavy atom. The van der Waals surface area contributed by atoms with Gasteiger partial charge in [-0.15, -0.1) is 0 Å². The van der Waals surface area contributed by atoms with Crippen molar-refractivity contribution in [3.8, 4) is 11.5 Å². The molecule has 0 saturated heterocycles. The standard InChI is InChI=1S/C15H23NO2/c1-3-11-8-12(14(17)13(9-11)18-2)15(10-16)6-4-5-7-15/h8-9,17H,3-7,10,16H2,1-2H3. The van der Waals surface area contributed by atoms with E-state index in [4.69, 9.17) is 10.5 Å². The molecule has 100 valence electrons. The molecule has 0 radical (unpaired) electrons. The number of aromatic hydroxyl groups is 1. The molecule has 0 amide bonds. The summed E-state index contributed by atoms with van der Waals surface area (Å²) in [6, 6.07) is 4.02. The molecule has 3 nitrogen and oxygen atoms in total. The van der Waals surface area contributed by atoms with Crippen LogP contribution in [0, 0.1) is 0 Å². The molecule has 2 rings (SSSR count). The second-order valence-corrected chi connectivity index (χ2v) is 5.24. The maximum Gasteiger partial charge on any atom is 0.161 e. The zero-order valence-electron chi connectivity index (χ0n) is 11.3. The van der Waals surface area contributed by atoms with Gasteiger partial charge in [-0.3, -0.25) is 0 Å². The number of aryl methyl sites for hydroxylation is 1. The molecule has 3 N–H and O–H groups in total. The molecule has 0 bridgehead atoms. The molecule has 1 aliphatic rings. The largest absolute Gasteiger partial charge is 0.504 e. The quantitative estimate of drug-likeness (QED) is 0.862. The smallest absolute Gasteiger partial charge is 0.161 e. The van der Waals surface area contributed by atoms with Gasteiger partial charge in [0.15, 0.2) is 11.5 Å². The van der Waals surface area contributed by atoms with E-state index < -0.39 is 0 Å². The van der Waals surface area contributed by atoms with Crippen molar-refractivity contribution in [2.24, 2.45) is 5.73 Å². The highest BCUT2D eigenvalue weighted by atomic mass is 16.5. The Morgan fingerprint density at radius 1 is 1.33 bits per heavy atom. The summed E-state index contributed by atoms with van der Waals surface area (Å²) in [5.41, 5.74) is 8.13. The van der Waals surface area contributed by atoms with Crippen LogP contribution in [0.25, 0.3) is 0 Å². The molecule has 1 saturated carbocycles. The van der Waals surface area contributed by atoms with Crippen molar-refractivity contribution in [2.45, 2.75) is 44.4 Å². The fourth-order valence-electron chi connectivity index (χ4n) is 3.06. The molecule has 0 aliphatic heterocycles. The van der Waals surface area contributed by atoms with Crippen LogP contribution in [0.5, 0.6) is 11.5 Å². The van der Waals surface area contributed by atoms with Crippen LogP contribution in [-0.2, 0) is 11.8 Å². The molecular weight excluding hydrogens is 226 g/mol. The van der Waals surface area contributed by atoms with E-state index >= 15 is 0 Å². The van der Waals surface area contributed by atoms with Gasteiger partial charge in [0.05, 0.1) is 7.11 Å². The summed E-state index contributed by atoms with van der Waals surface area (Å²) in [5, 5.41) is 10.4. The molecule has 0 atom stereocenters. The van der Waals surface area contributed by atoms with E-state index in [1.807, 2.05) is 6.07 Å². The number of hydrogen-bond donors (Lipinski definition) is 2. The van der Waals surface area contributed by atoms with Crippen LogP contribution in [0.15, 0.2) is 12.1 Å². The molecule has 0 heterocycles. The Hall–Kier alpha value is -1.22. The van der Waals surface area contributed by atoms with Crippen LogP contribution < -0.4 is 10.5 Å². The lowest BCUT2D eigenvalue weighted by molar-refractivity contribution is 0.354. The van der Waals surface area contributed by atoms with Crippen molar-refractivity contribution in [1.82, 2.24) is 0 Å². The van der Waals surface area contributed by atoms with E-state index in [1.54, 1.807) is 7.11 Å². The number of phenols is 1. The molecular formula is C15H23NO2. The third-order valence-electron chi connectivity index (χ3n) is 4.29. The van der Waals surface area contributed by atoms with E-state index in [1.165, 1.54) is 18.4 Å². The molecule has 1 aromatic carbocycles. The van der Waals surface area contributed by atoms with Gasteiger partial charge in [0, 0.05) is 17.5 Å². The van der Waals surface area contributed by atoms with E-state index in [-0.39, 0.29) is 11.2 Å². The Bertz CT molecular complexity index is 423. The van der Waals surface area contributed by atoms with Crippen molar-refractivity contribution in [3.05, 3.63) is 23.3 Å². The van der Waals surface area contributed by atoms with Gasteiger partial charge in [0.25, 0.3) is 0 Å². The van der Waals surface area contributed by atoms with Crippen molar-refractivity contribution in [2.75, 3.05) is 13.7 Å². The van der Waals surface area contributed by atoms with Gasteiger partial charge in [-0.05, 0) is 30.9 Å². The average molecular weight is 249 g/mol. The summed E-state index contributed by atoms with van der Waals surface area (Å²) in [6.07, 6.45) is 5.44. The minimum atomic E-state index is -0.0530. The topological polar surface area (TPSA) is 55.5 Å². The third-order valence-corrected chi connectivity index (χ3v) is 4.29. The first-order valence-corrected chi connectivity index (χ1v) is 6.77. The maximum absolute atomic E-state index is 10.4. The number of phenolic OH excluding ortho intramolecular Hbond substituents is 1. The molecule has 1 aliphatic carbocycles. The van der Waals surface area contributed by atoms with Gasteiger partial charge >= 0.3 is 0 Å². The van der Waals surface area contributed by atoms with Crippen LogP contribution in [0.2, 0.25) is 0 Å². The zero-order chi connectivity index (χ0) is 13.2. The second-order valence-electron chi connectivity index (χ2n) is 5.24. The van der Waals surface area contributed by atoms with Crippen LogP contribution in [0.4, 0.5) is 0 Å². The predicted molar refractivity (Wildman–Crippen MR) is 73.2 cm³/mol. The molecule has 0 unspecified atom stereocenters. The van der Waals surface area contributed by atoms with E-state index in [0.717, 1.165) is 24.8 Å². The van der Waals surface area contributed by atoms with E-state index in [0.29, 0.717) is 12.3 Å². The lowest BCUT2D eigenvalue weighted by Gasteiger charge is -2.29. The molecule has 3 heteroatoms. The summed E-state index contributed by atoms with van der Waals surface area (Å²) in [4.78, 5) is 0. The van der Waals surface area contributed by atoms with Gasteiger partial charge in [-0.1, -0.05) is 25.8 Å². The molecule has 18 heavy (non-hydrogen) atoms. The fourth-order valence-corrected chi connectivity index (χ4v) is 3.06. The number of methoxy groups -OCH3 is 1. The van der Waals surface area contributed by atoms with Gasteiger partial charge in [0.1, 0.15) is 0 Å². The van der Waals surface area contributed by atoms with Gasteiger partial charge < -0.3 is 15.6 Å². The molecule has 0 aromatic heterocycles. The molecule has 1 fully saturated rings. The van der Waals surface area contributed by atoms with Crippen LogP contribution >= 0.6 is 0 Å².